The molecule has 0 aliphatic heterocycles. The molecule has 4 nitrogen and oxygen atoms in total. The van der Waals surface area contributed by atoms with E-state index in [4.69, 9.17) is 21.4 Å². The standard InChI is InChI=1S/C15H14ClNO3/c1-2-5-20-12-6-11(8-17-9-12)13-7-10(15(18)19)3-4-14(13)16/h3-4,6-9H,2,5H2,1H3,(H,18,19). The SMILES string of the molecule is CCCOc1cncc(-c2cc(C(=O)O)ccc2Cl)c1. The molecule has 0 aliphatic carbocycles. The summed E-state index contributed by atoms with van der Waals surface area (Å²) in [7, 11) is 0. The molecule has 1 N–H and O–H groups in total. The molecule has 5 heteroatoms. The molecule has 2 rings (SSSR count). The summed E-state index contributed by atoms with van der Waals surface area (Å²) in [6.45, 7) is 2.62. The second kappa shape index (κ2) is 6.39. The van der Waals surface area contributed by atoms with Crippen molar-refractivity contribution in [1.29, 1.82) is 0 Å². The van der Waals surface area contributed by atoms with Crippen LogP contribution in [-0.2, 0) is 0 Å². The fourth-order valence-corrected chi connectivity index (χ4v) is 1.97. The van der Waals surface area contributed by atoms with Crippen molar-refractivity contribution in [1.82, 2.24) is 4.98 Å². The maximum Gasteiger partial charge on any atom is 0.335 e. The van der Waals surface area contributed by atoms with E-state index in [0.717, 1.165) is 12.0 Å². The average Bonchev–Trinajstić information content (AvgIpc) is 2.45. The summed E-state index contributed by atoms with van der Waals surface area (Å²) in [5.41, 5.74) is 1.54. The van der Waals surface area contributed by atoms with Gasteiger partial charge in [-0.1, -0.05) is 18.5 Å². The minimum Gasteiger partial charge on any atom is -0.492 e. The number of hydrogen-bond acceptors (Lipinski definition) is 3. The Balaban J connectivity index is 2.40. The van der Waals surface area contributed by atoms with Crippen LogP contribution in [0.2, 0.25) is 5.02 Å². The van der Waals surface area contributed by atoms with Crippen molar-refractivity contribution in [3.05, 3.63) is 47.2 Å². The van der Waals surface area contributed by atoms with Crippen molar-refractivity contribution < 1.29 is 14.6 Å². The highest BCUT2D eigenvalue weighted by Crippen LogP contribution is 2.30. The number of aromatic carboxylic acids is 1. The van der Waals surface area contributed by atoms with E-state index in [9.17, 15) is 4.79 Å². The van der Waals surface area contributed by atoms with Crippen LogP contribution in [0.25, 0.3) is 11.1 Å². The number of aromatic nitrogens is 1. The van der Waals surface area contributed by atoms with E-state index >= 15 is 0 Å². The van der Waals surface area contributed by atoms with E-state index in [1.54, 1.807) is 24.5 Å². The van der Waals surface area contributed by atoms with Gasteiger partial charge in [0.1, 0.15) is 5.75 Å². The third-order valence-electron chi connectivity index (χ3n) is 2.71. The number of carbonyl (C=O) groups is 1. The van der Waals surface area contributed by atoms with E-state index in [1.807, 2.05) is 6.92 Å². The third kappa shape index (κ3) is 3.27. The number of carboxylic acid groups (broad SMARTS) is 1. The predicted molar refractivity (Wildman–Crippen MR) is 77.4 cm³/mol. The number of nitrogens with zero attached hydrogens (tertiary/aromatic N) is 1. The minimum absolute atomic E-state index is 0.185. The highest BCUT2D eigenvalue weighted by atomic mass is 35.5. The number of benzene rings is 1. The van der Waals surface area contributed by atoms with E-state index in [1.165, 1.54) is 12.1 Å². The Labute approximate surface area is 122 Å². The lowest BCUT2D eigenvalue weighted by Gasteiger charge is -2.08. The third-order valence-corrected chi connectivity index (χ3v) is 3.04. The first kappa shape index (κ1) is 14.3. The number of halogens is 1. The first-order chi connectivity index (χ1) is 9.61. The highest BCUT2D eigenvalue weighted by molar-refractivity contribution is 6.33. The van der Waals surface area contributed by atoms with Crippen molar-refractivity contribution in [2.75, 3.05) is 6.61 Å². The van der Waals surface area contributed by atoms with Crippen LogP contribution >= 0.6 is 11.6 Å². The molecule has 0 spiro atoms. The smallest absolute Gasteiger partial charge is 0.335 e. The fourth-order valence-electron chi connectivity index (χ4n) is 1.74. The van der Waals surface area contributed by atoms with E-state index in [-0.39, 0.29) is 5.56 Å². The maximum absolute atomic E-state index is 11.0. The molecule has 0 bridgehead atoms. The Kier molecular flexibility index (Phi) is 4.58. The number of rotatable bonds is 5. The predicted octanol–water partition coefficient (Wildman–Crippen LogP) is 3.89. The molecule has 0 aliphatic rings. The van der Waals surface area contributed by atoms with Crippen molar-refractivity contribution in [3.63, 3.8) is 0 Å². The fraction of sp³-hybridized carbons (Fsp3) is 0.200. The lowest BCUT2D eigenvalue weighted by atomic mass is 10.0. The Morgan fingerprint density at radius 3 is 2.85 bits per heavy atom. The van der Waals surface area contributed by atoms with Gasteiger partial charge in [0.15, 0.2) is 0 Å². The summed E-state index contributed by atoms with van der Waals surface area (Å²) in [6.07, 6.45) is 4.15. The van der Waals surface area contributed by atoms with Crippen LogP contribution in [0.3, 0.4) is 0 Å². The van der Waals surface area contributed by atoms with Gasteiger partial charge in [0.05, 0.1) is 18.4 Å². The van der Waals surface area contributed by atoms with Gasteiger partial charge in [0, 0.05) is 22.3 Å². The van der Waals surface area contributed by atoms with Crippen LogP contribution in [0, 0.1) is 0 Å². The first-order valence-electron chi connectivity index (χ1n) is 6.23. The molecule has 1 aromatic heterocycles. The van der Waals surface area contributed by atoms with E-state index < -0.39 is 5.97 Å². The van der Waals surface area contributed by atoms with Crippen molar-refractivity contribution >= 4 is 17.6 Å². The first-order valence-corrected chi connectivity index (χ1v) is 6.60. The zero-order chi connectivity index (χ0) is 14.5. The molecule has 0 amide bonds. The average molecular weight is 292 g/mol. The molecule has 0 atom stereocenters. The molecule has 0 saturated heterocycles. The van der Waals surface area contributed by atoms with Gasteiger partial charge < -0.3 is 9.84 Å². The molecular weight excluding hydrogens is 278 g/mol. The topological polar surface area (TPSA) is 59.4 Å². The summed E-state index contributed by atoms with van der Waals surface area (Å²) >= 11 is 6.13. The van der Waals surface area contributed by atoms with Gasteiger partial charge in [-0.3, -0.25) is 4.98 Å². The summed E-state index contributed by atoms with van der Waals surface area (Å²) in [5, 5.41) is 9.51. The number of carboxylic acids is 1. The lowest BCUT2D eigenvalue weighted by Crippen LogP contribution is -1.98. The van der Waals surface area contributed by atoms with Crippen LogP contribution in [0.15, 0.2) is 36.7 Å². The molecule has 1 aromatic carbocycles. The molecular formula is C15H14ClNO3. The zero-order valence-electron chi connectivity index (χ0n) is 11.0. The van der Waals surface area contributed by atoms with Gasteiger partial charge in [0.25, 0.3) is 0 Å². The van der Waals surface area contributed by atoms with Crippen molar-refractivity contribution in [2.24, 2.45) is 0 Å². The molecule has 1 heterocycles. The second-order valence-corrected chi connectivity index (χ2v) is 4.66. The molecule has 2 aromatic rings. The molecule has 0 fully saturated rings. The largest absolute Gasteiger partial charge is 0.492 e. The monoisotopic (exact) mass is 291 g/mol. The summed E-state index contributed by atoms with van der Waals surface area (Å²) in [6, 6.07) is 6.37. The quantitative estimate of drug-likeness (QED) is 0.908. The molecule has 0 saturated carbocycles. The Morgan fingerprint density at radius 1 is 1.35 bits per heavy atom. The van der Waals surface area contributed by atoms with E-state index in [2.05, 4.69) is 4.98 Å². The van der Waals surface area contributed by atoms with Crippen LogP contribution < -0.4 is 4.74 Å². The van der Waals surface area contributed by atoms with Gasteiger partial charge in [0.2, 0.25) is 0 Å². The van der Waals surface area contributed by atoms with Gasteiger partial charge in [-0.25, -0.2) is 4.79 Å². The summed E-state index contributed by atoms with van der Waals surface area (Å²) in [5.74, 6) is -0.351. The van der Waals surface area contributed by atoms with Crippen LogP contribution in [-0.4, -0.2) is 22.7 Å². The minimum atomic E-state index is -0.991. The number of ether oxygens (including phenoxy) is 1. The Morgan fingerprint density at radius 2 is 2.15 bits per heavy atom. The van der Waals surface area contributed by atoms with Crippen molar-refractivity contribution in [3.8, 4) is 16.9 Å². The maximum atomic E-state index is 11.0. The van der Waals surface area contributed by atoms with Gasteiger partial charge in [-0.15, -0.1) is 0 Å². The molecule has 20 heavy (non-hydrogen) atoms. The Bertz CT molecular complexity index is 628. The van der Waals surface area contributed by atoms with Gasteiger partial charge >= 0.3 is 5.97 Å². The van der Waals surface area contributed by atoms with Gasteiger partial charge in [-0.2, -0.15) is 0 Å². The van der Waals surface area contributed by atoms with Crippen molar-refractivity contribution in [2.45, 2.75) is 13.3 Å². The molecule has 0 radical (unpaired) electrons. The summed E-state index contributed by atoms with van der Waals surface area (Å²) in [4.78, 5) is 15.1. The van der Waals surface area contributed by atoms with Crippen LogP contribution in [0.1, 0.15) is 23.7 Å². The number of hydrogen-bond donors (Lipinski definition) is 1. The zero-order valence-corrected chi connectivity index (χ0v) is 11.7. The number of pyridine rings is 1. The summed E-state index contributed by atoms with van der Waals surface area (Å²) < 4.78 is 5.51. The van der Waals surface area contributed by atoms with Gasteiger partial charge in [-0.05, 0) is 30.7 Å². The Hall–Kier alpha value is -2.07. The van der Waals surface area contributed by atoms with E-state index in [0.29, 0.717) is 22.9 Å². The molecule has 104 valence electrons. The lowest BCUT2D eigenvalue weighted by molar-refractivity contribution is 0.0697. The normalized spacial score (nSPS) is 10.3. The van der Waals surface area contributed by atoms with Crippen LogP contribution in [0.5, 0.6) is 5.75 Å². The van der Waals surface area contributed by atoms with Crippen LogP contribution in [0.4, 0.5) is 0 Å². The molecule has 0 unspecified atom stereocenters. The highest BCUT2D eigenvalue weighted by Gasteiger charge is 2.10. The second-order valence-electron chi connectivity index (χ2n) is 4.26.